The first-order valence-electron chi connectivity index (χ1n) is 10.0. The molecule has 0 spiro atoms. The van der Waals surface area contributed by atoms with Gasteiger partial charge in [-0.1, -0.05) is 35.3 Å². The molecule has 172 valence electrons. The lowest BCUT2D eigenvalue weighted by Crippen LogP contribution is -2.51. The number of amides is 1. The Morgan fingerprint density at radius 3 is 2.33 bits per heavy atom. The quantitative estimate of drug-likeness (QED) is 0.486. The van der Waals surface area contributed by atoms with Crippen LogP contribution in [0.3, 0.4) is 0 Å². The van der Waals surface area contributed by atoms with Gasteiger partial charge in [0.1, 0.15) is 18.1 Å². The number of benzene rings is 3. The van der Waals surface area contributed by atoms with Gasteiger partial charge in [-0.25, -0.2) is 8.42 Å². The van der Waals surface area contributed by atoms with Crippen molar-refractivity contribution in [3.8, 4) is 11.5 Å². The molecule has 1 N–H and O–H groups in total. The van der Waals surface area contributed by atoms with Gasteiger partial charge < -0.3 is 14.8 Å². The molecule has 3 aromatic rings. The molecular formula is C23H20Cl2N2O5S. The molecule has 0 aliphatic carbocycles. The van der Waals surface area contributed by atoms with E-state index in [1.54, 1.807) is 48.5 Å². The van der Waals surface area contributed by atoms with Crippen LogP contribution in [0.25, 0.3) is 0 Å². The van der Waals surface area contributed by atoms with Crippen molar-refractivity contribution in [3.05, 3.63) is 82.8 Å². The lowest BCUT2D eigenvalue weighted by molar-refractivity contribution is -0.127. The van der Waals surface area contributed by atoms with E-state index in [4.69, 9.17) is 32.7 Å². The van der Waals surface area contributed by atoms with E-state index in [1.807, 2.05) is 0 Å². The smallest absolute Gasteiger partial charge is 0.264 e. The fourth-order valence-corrected chi connectivity index (χ4v) is 5.02. The number of hydrogen-bond donors (Lipinski definition) is 1. The molecule has 7 nitrogen and oxygen atoms in total. The van der Waals surface area contributed by atoms with E-state index >= 15 is 0 Å². The predicted molar refractivity (Wildman–Crippen MR) is 127 cm³/mol. The van der Waals surface area contributed by atoms with Crippen LogP contribution in [0.4, 0.5) is 5.69 Å². The number of fused-ring (bicyclic) bond motifs is 1. The molecule has 1 aliphatic heterocycles. The van der Waals surface area contributed by atoms with Gasteiger partial charge in [-0.2, -0.15) is 0 Å². The first kappa shape index (κ1) is 23.2. The van der Waals surface area contributed by atoms with Crippen molar-refractivity contribution in [2.45, 2.75) is 11.0 Å². The molecule has 1 amide bonds. The van der Waals surface area contributed by atoms with Gasteiger partial charge in [-0.05, 0) is 60.7 Å². The molecule has 4 rings (SSSR count). The van der Waals surface area contributed by atoms with Crippen molar-refractivity contribution < 1.29 is 22.7 Å². The van der Waals surface area contributed by atoms with E-state index in [1.165, 1.54) is 28.6 Å². The minimum absolute atomic E-state index is 0.0686. The Labute approximate surface area is 201 Å². The van der Waals surface area contributed by atoms with Gasteiger partial charge in [-0.3, -0.25) is 9.10 Å². The van der Waals surface area contributed by atoms with Crippen molar-refractivity contribution in [2.75, 3.05) is 24.0 Å². The summed E-state index contributed by atoms with van der Waals surface area (Å²) in [6.45, 7) is 0.266. The topological polar surface area (TPSA) is 84.9 Å². The Hall–Kier alpha value is -2.94. The third-order valence-corrected chi connectivity index (χ3v) is 7.21. The van der Waals surface area contributed by atoms with Crippen LogP contribution >= 0.6 is 23.2 Å². The van der Waals surface area contributed by atoms with E-state index in [2.05, 4.69) is 5.32 Å². The summed E-state index contributed by atoms with van der Waals surface area (Å²) in [6.07, 6.45) is -1.03. The predicted octanol–water partition coefficient (Wildman–Crippen LogP) is 4.14. The van der Waals surface area contributed by atoms with Crippen molar-refractivity contribution in [2.24, 2.45) is 0 Å². The lowest BCUT2D eigenvalue weighted by Gasteiger charge is -2.34. The first-order chi connectivity index (χ1) is 15.8. The molecule has 1 heterocycles. The number of nitrogens with zero attached hydrogens (tertiary/aromatic N) is 1. The van der Waals surface area contributed by atoms with Gasteiger partial charge in [-0.15, -0.1) is 0 Å². The van der Waals surface area contributed by atoms with Gasteiger partial charge in [0.2, 0.25) is 0 Å². The second-order valence-electron chi connectivity index (χ2n) is 7.16. The molecule has 3 aromatic carbocycles. The number of halogens is 2. The van der Waals surface area contributed by atoms with Crippen LogP contribution in [0.5, 0.6) is 11.5 Å². The molecule has 1 aliphatic rings. The Bertz CT molecular complexity index is 1230. The largest absolute Gasteiger partial charge is 0.492 e. The Morgan fingerprint density at radius 1 is 1.00 bits per heavy atom. The molecule has 0 bridgehead atoms. The van der Waals surface area contributed by atoms with E-state index in [0.29, 0.717) is 27.2 Å². The molecule has 33 heavy (non-hydrogen) atoms. The Balaban J connectivity index is 1.46. The third kappa shape index (κ3) is 5.35. The maximum atomic E-state index is 13.3. The van der Waals surface area contributed by atoms with Crippen molar-refractivity contribution in [1.29, 1.82) is 0 Å². The van der Waals surface area contributed by atoms with Crippen LogP contribution in [0, 0.1) is 0 Å². The molecule has 0 aromatic heterocycles. The molecule has 0 fully saturated rings. The zero-order valence-electron chi connectivity index (χ0n) is 17.3. The number of carbonyl (C=O) groups excluding carboxylic acids is 1. The van der Waals surface area contributed by atoms with Crippen LogP contribution < -0.4 is 19.1 Å². The normalized spacial score (nSPS) is 15.3. The van der Waals surface area contributed by atoms with Gasteiger partial charge >= 0.3 is 0 Å². The molecule has 10 heteroatoms. The lowest BCUT2D eigenvalue weighted by atomic mass is 10.2. The van der Waals surface area contributed by atoms with E-state index in [9.17, 15) is 13.2 Å². The summed E-state index contributed by atoms with van der Waals surface area (Å²) in [7, 11) is -3.94. The SMILES string of the molecule is O=C(NCCOc1ccc(Cl)cc1)[C@H]1CN(S(=O)(=O)c2ccc(Cl)cc2)c2ccccc2O1. The summed E-state index contributed by atoms with van der Waals surface area (Å²) in [5.74, 6) is 0.482. The Morgan fingerprint density at radius 2 is 1.64 bits per heavy atom. The molecule has 1 atom stereocenters. The number of rotatable bonds is 7. The zero-order chi connectivity index (χ0) is 23.4. The van der Waals surface area contributed by atoms with Crippen molar-refractivity contribution in [1.82, 2.24) is 5.32 Å². The second kappa shape index (κ2) is 9.91. The number of para-hydroxylation sites is 2. The van der Waals surface area contributed by atoms with Gasteiger partial charge in [0, 0.05) is 10.0 Å². The van der Waals surface area contributed by atoms with Crippen LogP contribution in [0.2, 0.25) is 10.0 Å². The standard InChI is InChI=1S/C23H20Cl2N2O5S/c24-16-5-9-18(10-6-16)31-14-13-26-23(28)22-15-27(20-3-1-2-4-21(20)32-22)33(29,30)19-11-7-17(25)8-12-19/h1-12,22H,13-15H2,(H,26,28)/t22-/m1/s1. The molecule has 0 radical (unpaired) electrons. The number of anilines is 1. The summed E-state index contributed by atoms with van der Waals surface area (Å²) in [5.41, 5.74) is 0.363. The molecular weight excluding hydrogens is 487 g/mol. The summed E-state index contributed by atoms with van der Waals surface area (Å²) in [4.78, 5) is 12.8. The fraction of sp³-hybridized carbons (Fsp3) is 0.174. The van der Waals surface area contributed by atoms with Gasteiger partial charge in [0.15, 0.2) is 6.10 Å². The minimum Gasteiger partial charge on any atom is -0.492 e. The molecule has 0 saturated heterocycles. The monoisotopic (exact) mass is 506 g/mol. The van der Waals surface area contributed by atoms with E-state index in [-0.39, 0.29) is 24.6 Å². The van der Waals surface area contributed by atoms with E-state index < -0.39 is 22.0 Å². The highest BCUT2D eigenvalue weighted by Crippen LogP contribution is 2.36. The van der Waals surface area contributed by atoms with Gasteiger partial charge in [0.25, 0.3) is 15.9 Å². The maximum absolute atomic E-state index is 13.3. The van der Waals surface area contributed by atoms with Crippen LogP contribution in [-0.4, -0.2) is 40.1 Å². The number of ether oxygens (including phenoxy) is 2. The molecule has 0 unspecified atom stereocenters. The minimum atomic E-state index is -3.94. The van der Waals surface area contributed by atoms with Crippen LogP contribution in [0.1, 0.15) is 0 Å². The van der Waals surface area contributed by atoms with Crippen molar-refractivity contribution >= 4 is 44.8 Å². The third-order valence-electron chi connectivity index (χ3n) is 4.91. The summed E-state index contributed by atoms with van der Waals surface area (Å²) < 4.78 is 39.2. The number of sulfonamides is 1. The average Bonchev–Trinajstić information content (AvgIpc) is 2.82. The highest BCUT2D eigenvalue weighted by atomic mass is 35.5. The zero-order valence-corrected chi connectivity index (χ0v) is 19.6. The summed E-state index contributed by atoms with van der Waals surface area (Å²) in [6, 6.07) is 19.4. The first-order valence-corrected chi connectivity index (χ1v) is 12.2. The van der Waals surface area contributed by atoms with Crippen LogP contribution in [0.15, 0.2) is 77.7 Å². The summed E-state index contributed by atoms with van der Waals surface area (Å²) in [5, 5.41) is 3.76. The highest BCUT2D eigenvalue weighted by molar-refractivity contribution is 7.92. The summed E-state index contributed by atoms with van der Waals surface area (Å²) >= 11 is 11.7. The molecule has 0 saturated carbocycles. The van der Waals surface area contributed by atoms with E-state index in [0.717, 1.165) is 0 Å². The highest BCUT2D eigenvalue weighted by Gasteiger charge is 2.37. The van der Waals surface area contributed by atoms with Gasteiger partial charge in [0.05, 0.1) is 23.7 Å². The van der Waals surface area contributed by atoms with Crippen molar-refractivity contribution in [3.63, 3.8) is 0 Å². The number of carbonyl (C=O) groups is 1. The number of hydrogen-bond acceptors (Lipinski definition) is 5. The Kier molecular flexibility index (Phi) is 6.97. The second-order valence-corrected chi connectivity index (χ2v) is 9.89. The number of nitrogens with one attached hydrogen (secondary N) is 1. The average molecular weight is 507 g/mol. The maximum Gasteiger partial charge on any atom is 0.264 e. The fourth-order valence-electron chi connectivity index (χ4n) is 3.29. The van der Waals surface area contributed by atoms with Crippen LogP contribution in [-0.2, 0) is 14.8 Å².